The lowest BCUT2D eigenvalue weighted by atomic mass is 10.2. The summed E-state index contributed by atoms with van der Waals surface area (Å²) < 4.78 is 6.46. The smallest absolute Gasteiger partial charge is 0.244 e. The van der Waals surface area contributed by atoms with Crippen molar-refractivity contribution in [1.82, 2.24) is 10.2 Å². The average molecular weight is 369 g/mol. The van der Waals surface area contributed by atoms with E-state index in [0.717, 1.165) is 14.4 Å². The highest BCUT2D eigenvalue weighted by atomic mass is 79.9. The summed E-state index contributed by atoms with van der Waals surface area (Å²) >= 11 is 4.98. The number of amides is 1. The van der Waals surface area contributed by atoms with Gasteiger partial charge in [0.2, 0.25) is 5.91 Å². The van der Waals surface area contributed by atoms with Gasteiger partial charge in [-0.25, -0.2) is 0 Å². The summed E-state index contributed by atoms with van der Waals surface area (Å²) in [5.41, 5.74) is 0. The molecule has 6 heteroatoms. The molecule has 0 radical (unpaired) electrons. The van der Waals surface area contributed by atoms with Crippen LogP contribution in [0.4, 0.5) is 0 Å². The summed E-state index contributed by atoms with van der Waals surface area (Å²) in [5, 5.41) is 2.89. The first kappa shape index (κ1) is 16.0. The molecule has 2 aromatic heterocycles. The number of nitrogens with zero attached hydrogens (tertiary/aromatic N) is 1. The Morgan fingerprint density at radius 2 is 2.29 bits per heavy atom. The maximum atomic E-state index is 11.9. The Morgan fingerprint density at radius 3 is 2.86 bits per heavy atom. The van der Waals surface area contributed by atoms with E-state index < -0.39 is 0 Å². The molecule has 0 saturated carbocycles. The Balaban J connectivity index is 1.89. The van der Waals surface area contributed by atoms with Crippen LogP contribution in [0.5, 0.6) is 0 Å². The van der Waals surface area contributed by atoms with Crippen LogP contribution in [0, 0.1) is 0 Å². The Bertz CT molecular complexity index is 605. The van der Waals surface area contributed by atoms with E-state index in [0.29, 0.717) is 6.54 Å². The van der Waals surface area contributed by atoms with E-state index in [9.17, 15) is 4.79 Å². The monoisotopic (exact) mass is 368 g/mol. The summed E-state index contributed by atoms with van der Waals surface area (Å²) in [5.74, 6) is 0.726. The van der Waals surface area contributed by atoms with Gasteiger partial charge in [0.1, 0.15) is 5.76 Å². The Morgan fingerprint density at radius 1 is 1.48 bits per heavy atom. The van der Waals surface area contributed by atoms with E-state index in [4.69, 9.17) is 4.42 Å². The van der Waals surface area contributed by atoms with Crippen molar-refractivity contribution in [3.8, 4) is 0 Å². The first-order valence-corrected chi connectivity index (χ1v) is 8.08. The lowest BCUT2D eigenvalue weighted by Gasteiger charge is -2.22. The lowest BCUT2D eigenvalue weighted by Crippen LogP contribution is -2.33. The van der Waals surface area contributed by atoms with Gasteiger partial charge in [0.25, 0.3) is 0 Å². The molecule has 0 fully saturated rings. The van der Waals surface area contributed by atoms with Gasteiger partial charge in [-0.2, -0.15) is 0 Å². The van der Waals surface area contributed by atoms with Crippen molar-refractivity contribution in [2.45, 2.75) is 6.04 Å². The van der Waals surface area contributed by atoms with Gasteiger partial charge >= 0.3 is 0 Å². The fourth-order valence-corrected chi connectivity index (χ4v) is 3.18. The van der Waals surface area contributed by atoms with Crippen LogP contribution in [0.15, 0.2) is 44.8 Å². The number of likely N-dealkylation sites (N-methyl/N-ethyl adjacent to an activating group) is 1. The number of nitrogens with one attached hydrogen (secondary N) is 1. The zero-order valence-electron chi connectivity index (χ0n) is 11.9. The zero-order valence-corrected chi connectivity index (χ0v) is 14.3. The van der Waals surface area contributed by atoms with Gasteiger partial charge in [0, 0.05) is 17.5 Å². The van der Waals surface area contributed by atoms with Crippen molar-refractivity contribution in [2.24, 2.45) is 0 Å². The number of carbonyl (C=O) groups is 1. The van der Waals surface area contributed by atoms with E-state index in [-0.39, 0.29) is 11.9 Å². The molecule has 0 aliphatic carbocycles. The van der Waals surface area contributed by atoms with Gasteiger partial charge in [0.05, 0.1) is 16.1 Å². The molecule has 0 spiro atoms. The van der Waals surface area contributed by atoms with Crippen LogP contribution in [0.25, 0.3) is 6.08 Å². The van der Waals surface area contributed by atoms with Crippen LogP contribution >= 0.6 is 27.3 Å². The molecule has 4 nitrogen and oxygen atoms in total. The number of carbonyl (C=O) groups excluding carboxylic acids is 1. The molecule has 2 heterocycles. The molecular formula is C15H17BrN2O2S. The molecule has 112 valence electrons. The number of halogens is 1. The minimum Gasteiger partial charge on any atom is -0.468 e. The predicted molar refractivity (Wildman–Crippen MR) is 89.2 cm³/mol. The molecule has 1 amide bonds. The first-order chi connectivity index (χ1) is 10.1. The second-order valence-corrected chi connectivity index (χ2v) is 7.21. The third kappa shape index (κ3) is 4.84. The minimum absolute atomic E-state index is 0.0215. The first-order valence-electron chi connectivity index (χ1n) is 6.47. The minimum atomic E-state index is -0.113. The summed E-state index contributed by atoms with van der Waals surface area (Å²) in [4.78, 5) is 14.9. The normalized spacial score (nSPS) is 13.0. The van der Waals surface area contributed by atoms with Crippen LogP contribution in [-0.4, -0.2) is 31.4 Å². The molecule has 0 aliphatic rings. The fraction of sp³-hybridized carbons (Fsp3) is 0.267. The Labute approximate surface area is 136 Å². The highest BCUT2D eigenvalue weighted by Crippen LogP contribution is 2.23. The zero-order chi connectivity index (χ0) is 15.2. The van der Waals surface area contributed by atoms with Gasteiger partial charge < -0.3 is 9.73 Å². The summed E-state index contributed by atoms with van der Waals surface area (Å²) in [6.07, 6.45) is 5.00. The van der Waals surface area contributed by atoms with E-state index in [1.54, 1.807) is 23.7 Å². The van der Waals surface area contributed by atoms with E-state index in [1.807, 2.05) is 49.3 Å². The quantitative estimate of drug-likeness (QED) is 0.793. The molecule has 0 aliphatic heterocycles. The van der Waals surface area contributed by atoms with E-state index >= 15 is 0 Å². The fourth-order valence-electron chi connectivity index (χ4n) is 1.85. The second kappa shape index (κ2) is 7.59. The van der Waals surface area contributed by atoms with E-state index in [1.165, 1.54) is 0 Å². The highest BCUT2D eigenvalue weighted by Gasteiger charge is 2.17. The molecule has 0 aromatic carbocycles. The lowest BCUT2D eigenvalue weighted by molar-refractivity contribution is -0.116. The number of hydrogen-bond donors (Lipinski definition) is 1. The topological polar surface area (TPSA) is 45.5 Å². The molecule has 0 saturated heterocycles. The second-order valence-electron chi connectivity index (χ2n) is 4.72. The van der Waals surface area contributed by atoms with Gasteiger partial charge in [-0.15, -0.1) is 11.3 Å². The van der Waals surface area contributed by atoms with Crippen LogP contribution in [0.1, 0.15) is 16.7 Å². The van der Waals surface area contributed by atoms with Crippen LogP contribution < -0.4 is 5.32 Å². The number of rotatable bonds is 6. The third-order valence-electron chi connectivity index (χ3n) is 2.96. The third-order valence-corrected chi connectivity index (χ3v) is 4.55. The Hall–Kier alpha value is -1.37. The van der Waals surface area contributed by atoms with Crippen LogP contribution in [0.3, 0.4) is 0 Å². The highest BCUT2D eigenvalue weighted by molar-refractivity contribution is 9.11. The molecule has 2 aromatic rings. The average Bonchev–Trinajstić information content (AvgIpc) is 3.08. The Kier molecular flexibility index (Phi) is 5.78. The number of furan rings is 1. The van der Waals surface area contributed by atoms with Crippen molar-refractivity contribution < 1.29 is 9.21 Å². The van der Waals surface area contributed by atoms with E-state index in [2.05, 4.69) is 21.2 Å². The van der Waals surface area contributed by atoms with Crippen molar-refractivity contribution in [3.63, 3.8) is 0 Å². The summed E-state index contributed by atoms with van der Waals surface area (Å²) in [7, 11) is 3.91. The molecule has 0 bridgehead atoms. The maximum absolute atomic E-state index is 11.9. The maximum Gasteiger partial charge on any atom is 0.244 e. The van der Waals surface area contributed by atoms with Gasteiger partial charge in [-0.3, -0.25) is 9.69 Å². The largest absolute Gasteiger partial charge is 0.468 e. The molecule has 1 N–H and O–H groups in total. The van der Waals surface area contributed by atoms with Gasteiger partial charge in [0.15, 0.2) is 0 Å². The summed E-state index contributed by atoms with van der Waals surface area (Å²) in [6, 6.07) is 7.71. The van der Waals surface area contributed by atoms with Crippen LogP contribution in [0.2, 0.25) is 0 Å². The predicted octanol–water partition coefficient (Wildman–Crippen LogP) is 3.54. The van der Waals surface area contributed by atoms with Gasteiger partial charge in [-0.1, -0.05) is 0 Å². The standard InChI is InChI=1S/C15H17BrN2O2S/c1-18(2)12(13-4-3-9-20-13)10-17-15(19)8-6-11-5-7-14(16)21-11/h3-9,12H,10H2,1-2H3,(H,17,19)/b8-6+. The van der Waals surface area contributed by atoms with Gasteiger partial charge in [-0.05, 0) is 60.4 Å². The molecular weight excluding hydrogens is 352 g/mol. The van der Waals surface area contributed by atoms with Crippen molar-refractivity contribution in [2.75, 3.05) is 20.6 Å². The van der Waals surface area contributed by atoms with Crippen molar-refractivity contribution in [3.05, 3.63) is 51.0 Å². The molecule has 1 unspecified atom stereocenters. The molecule has 2 rings (SSSR count). The van der Waals surface area contributed by atoms with Crippen molar-refractivity contribution in [1.29, 1.82) is 0 Å². The van der Waals surface area contributed by atoms with Crippen LogP contribution in [-0.2, 0) is 4.79 Å². The SMILES string of the molecule is CN(C)C(CNC(=O)/C=C/c1ccc(Br)s1)c1ccco1. The number of hydrogen-bond acceptors (Lipinski definition) is 4. The van der Waals surface area contributed by atoms with Crippen molar-refractivity contribution >= 4 is 39.2 Å². The number of thiophene rings is 1. The summed E-state index contributed by atoms with van der Waals surface area (Å²) in [6.45, 7) is 0.498. The molecule has 21 heavy (non-hydrogen) atoms. The molecule has 1 atom stereocenters.